The lowest BCUT2D eigenvalue weighted by Crippen LogP contribution is -2.59. The molecule has 2 aliphatic rings. The number of ether oxygens (including phenoxy) is 5. The van der Waals surface area contributed by atoms with E-state index in [4.69, 9.17) is 23.7 Å². The van der Waals surface area contributed by atoms with Gasteiger partial charge in [-0.25, -0.2) is 0 Å². The molecule has 8 rings (SSSR count). The smallest absolute Gasteiger partial charge is 0.206 e. The summed E-state index contributed by atoms with van der Waals surface area (Å²) in [4.78, 5) is 15.8. The van der Waals surface area contributed by atoms with E-state index < -0.39 is 18.3 Å². The molecule has 0 bridgehead atoms. The maximum atomic E-state index is 14.2. The molecule has 1 aromatic heterocycles. The molecule has 0 amide bonds. The molecule has 2 aliphatic carbocycles. The van der Waals surface area contributed by atoms with Crippen molar-refractivity contribution in [3.05, 3.63) is 195 Å². The van der Waals surface area contributed by atoms with Gasteiger partial charge >= 0.3 is 0 Å². The van der Waals surface area contributed by atoms with Gasteiger partial charge in [0.25, 0.3) is 0 Å². The Kier molecular flexibility index (Phi) is 13.0. The Hall–Kier alpha value is -4.89. The highest BCUT2D eigenvalue weighted by Gasteiger charge is 2.49. The molecule has 6 nitrogen and oxygen atoms in total. The second kappa shape index (κ2) is 19.0. The topological polar surface area (TPSA) is 63.2 Å². The van der Waals surface area contributed by atoms with Crippen molar-refractivity contribution in [2.75, 3.05) is 6.61 Å². The van der Waals surface area contributed by atoms with E-state index in [1.807, 2.05) is 97.9 Å². The van der Waals surface area contributed by atoms with Crippen molar-refractivity contribution >= 4 is 17.1 Å². The molecule has 0 unspecified atom stereocenters. The second-order valence-electron chi connectivity index (χ2n) is 15.2. The predicted octanol–water partition coefficient (Wildman–Crippen LogP) is 10.9. The lowest BCUT2D eigenvalue weighted by Gasteiger charge is -2.46. The van der Waals surface area contributed by atoms with E-state index in [0.717, 1.165) is 27.1 Å². The molecule has 0 spiro atoms. The number of rotatable bonds is 18. The highest BCUT2D eigenvalue weighted by atomic mass is 32.1. The molecule has 57 heavy (non-hydrogen) atoms. The van der Waals surface area contributed by atoms with Crippen molar-refractivity contribution in [2.45, 2.75) is 82.9 Å². The van der Waals surface area contributed by atoms with Crippen LogP contribution in [-0.4, -0.2) is 36.8 Å². The first-order valence-corrected chi connectivity index (χ1v) is 20.9. The number of benzene rings is 5. The van der Waals surface area contributed by atoms with E-state index in [1.165, 1.54) is 29.7 Å². The maximum absolute atomic E-state index is 14.2. The maximum Gasteiger partial charge on any atom is 0.206 e. The van der Waals surface area contributed by atoms with E-state index in [0.29, 0.717) is 61.6 Å². The fourth-order valence-corrected chi connectivity index (χ4v) is 8.60. The Morgan fingerprint density at radius 2 is 1.09 bits per heavy atom. The molecular weight excluding hydrogens is 729 g/mol. The Bertz CT molecular complexity index is 2130. The van der Waals surface area contributed by atoms with Crippen molar-refractivity contribution in [1.82, 2.24) is 0 Å². The van der Waals surface area contributed by atoms with Crippen LogP contribution in [0.15, 0.2) is 152 Å². The third kappa shape index (κ3) is 10.4. The molecule has 0 N–H and O–H groups in total. The first-order chi connectivity index (χ1) is 28.1. The normalized spacial score (nSPS) is 20.6. The summed E-state index contributed by atoms with van der Waals surface area (Å²) >= 11 is 1.47. The third-order valence-electron chi connectivity index (χ3n) is 10.8. The fraction of sp³-hybridized carbons (Fsp3) is 0.300. The summed E-state index contributed by atoms with van der Waals surface area (Å²) in [5, 5.41) is 0. The largest absolute Gasteiger partial charge is 0.486 e. The number of aryl methyl sites for hydroxylation is 1. The highest BCUT2D eigenvalue weighted by molar-refractivity contribution is 7.14. The van der Waals surface area contributed by atoms with Gasteiger partial charge in [-0.2, -0.15) is 0 Å². The molecule has 5 aromatic carbocycles. The van der Waals surface area contributed by atoms with Gasteiger partial charge in [-0.1, -0.05) is 146 Å². The standard InChI is InChI=1S/C50H50O6S/c1-35-28-45(50(57-35)46(51)42-26-24-41(25-27-42)40-22-23-40)56-44-29-43(34-52-30-36-14-6-2-7-15-36)47(53-31-37-16-8-3-9-17-37)49(55-33-39-20-12-5-13-21-39)48(44)54-32-38-18-10-4-11-19-38/h2-21,24-28,40,43-44,47-49H,22-23,29-34H2,1H3/t43-,44-,47-,48+,49+/m1/s1. The number of hydrogen-bond donors (Lipinski definition) is 0. The van der Waals surface area contributed by atoms with Crippen LogP contribution in [0.1, 0.15) is 73.1 Å². The van der Waals surface area contributed by atoms with Crippen LogP contribution in [0, 0.1) is 12.8 Å². The Morgan fingerprint density at radius 3 is 1.61 bits per heavy atom. The summed E-state index contributed by atoms with van der Waals surface area (Å²) in [5.74, 6) is 1.04. The summed E-state index contributed by atoms with van der Waals surface area (Å²) in [5.41, 5.74) is 6.24. The van der Waals surface area contributed by atoms with E-state index in [2.05, 4.69) is 60.7 Å². The van der Waals surface area contributed by atoms with E-state index in [9.17, 15) is 4.79 Å². The minimum absolute atomic E-state index is 0.0355. The first-order valence-electron chi connectivity index (χ1n) is 20.1. The minimum atomic E-state index is -0.541. The van der Waals surface area contributed by atoms with Crippen LogP contribution in [0.5, 0.6) is 5.75 Å². The highest BCUT2D eigenvalue weighted by Crippen LogP contribution is 2.41. The zero-order chi connectivity index (χ0) is 38.8. The van der Waals surface area contributed by atoms with Crippen molar-refractivity contribution < 1.29 is 28.5 Å². The molecule has 0 saturated heterocycles. The van der Waals surface area contributed by atoms with E-state index >= 15 is 0 Å². The number of carbonyl (C=O) groups excluding carboxylic acids is 1. The minimum Gasteiger partial charge on any atom is -0.486 e. The Labute approximate surface area is 340 Å². The van der Waals surface area contributed by atoms with E-state index in [-0.39, 0.29) is 17.8 Å². The number of ketones is 1. The SMILES string of the molecule is Cc1cc(O[C@@H]2C[C@H](COCc3ccccc3)[C@@H](OCc3ccccc3)[C@H](OCc3ccccc3)[C@H]2OCc2ccccc2)c(C(=O)c2ccc(C3CC3)cc2)s1. The first kappa shape index (κ1) is 39.0. The Morgan fingerprint density at radius 1 is 0.596 bits per heavy atom. The summed E-state index contributed by atoms with van der Waals surface area (Å²) in [6, 6.07) is 50.9. The van der Waals surface area contributed by atoms with Gasteiger partial charge in [-0.15, -0.1) is 11.3 Å². The molecule has 5 atom stereocenters. The van der Waals surface area contributed by atoms with Crippen LogP contribution >= 0.6 is 11.3 Å². The summed E-state index contributed by atoms with van der Waals surface area (Å²) < 4.78 is 34.4. The number of carbonyl (C=O) groups is 1. The molecular formula is C50H50O6S. The van der Waals surface area contributed by atoms with Crippen LogP contribution in [-0.2, 0) is 45.4 Å². The van der Waals surface area contributed by atoms with Crippen molar-refractivity contribution in [3.63, 3.8) is 0 Å². The molecule has 7 heteroatoms. The second-order valence-corrected chi connectivity index (χ2v) is 16.5. The van der Waals surface area contributed by atoms with Crippen molar-refractivity contribution in [2.24, 2.45) is 5.92 Å². The van der Waals surface area contributed by atoms with Gasteiger partial charge in [0.05, 0.1) is 39.1 Å². The van der Waals surface area contributed by atoms with Crippen LogP contribution in [0.4, 0.5) is 0 Å². The lowest BCUT2D eigenvalue weighted by molar-refractivity contribution is -0.220. The van der Waals surface area contributed by atoms with Crippen LogP contribution in [0.3, 0.4) is 0 Å². The lowest BCUT2D eigenvalue weighted by atomic mass is 9.80. The monoisotopic (exact) mass is 778 g/mol. The van der Waals surface area contributed by atoms with Gasteiger partial charge in [-0.3, -0.25) is 4.79 Å². The van der Waals surface area contributed by atoms with Crippen LogP contribution in [0.2, 0.25) is 0 Å². The average Bonchev–Trinajstić information content (AvgIpc) is 4.05. The van der Waals surface area contributed by atoms with Gasteiger partial charge < -0.3 is 23.7 Å². The predicted molar refractivity (Wildman–Crippen MR) is 225 cm³/mol. The van der Waals surface area contributed by atoms with Crippen LogP contribution in [0.25, 0.3) is 0 Å². The molecule has 6 aromatic rings. The fourth-order valence-electron chi connectivity index (χ4n) is 7.69. The summed E-state index contributed by atoms with van der Waals surface area (Å²) in [6.45, 7) is 4.05. The molecule has 2 saturated carbocycles. The summed E-state index contributed by atoms with van der Waals surface area (Å²) in [7, 11) is 0. The van der Waals surface area contributed by atoms with Gasteiger partial charge in [-0.05, 0) is 66.0 Å². The zero-order valence-corrected chi connectivity index (χ0v) is 33.2. The van der Waals surface area contributed by atoms with Gasteiger partial charge in [0.2, 0.25) is 5.78 Å². The number of hydrogen-bond acceptors (Lipinski definition) is 7. The van der Waals surface area contributed by atoms with Crippen molar-refractivity contribution in [3.8, 4) is 5.75 Å². The number of thiophene rings is 1. The molecule has 0 aliphatic heterocycles. The summed E-state index contributed by atoms with van der Waals surface area (Å²) in [6.07, 6.45) is 1.07. The molecule has 2 fully saturated rings. The average molecular weight is 779 g/mol. The quantitative estimate of drug-likeness (QED) is 0.0810. The van der Waals surface area contributed by atoms with Crippen molar-refractivity contribution in [1.29, 1.82) is 0 Å². The molecule has 0 radical (unpaired) electrons. The van der Waals surface area contributed by atoms with E-state index in [1.54, 1.807) is 0 Å². The van der Waals surface area contributed by atoms with Gasteiger partial charge in [0.15, 0.2) is 0 Å². The van der Waals surface area contributed by atoms with Crippen LogP contribution < -0.4 is 4.74 Å². The Balaban J connectivity index is 1.13. The third-order valence-corrected chi connectivity index (χ3v) is 11.9. The van der Waals surface area contributed by atoms with Gasteiger partial charge in [0, 0.05) is 16.4 Å². The van der Waals surface area contributed by atoms with Gasteiger partial charge in [0.1, 0.15) is 28.9 Å². The zero-order valence-electron chi connectivity index (χ0n) is 32.4. The molecule has 1 heterocycles. The molecule has 292 valence electrons.